The van der Waals surface area contributed by atoms with Crippen LogP contribution < -0.4 is 14.8 Å². The number of alkyl halides is 2. The van der Waals surface area contributed by atoms with Gasteiger partial charge >= 0.3 is 0 Å². The predicted molar refractivity (Wildman–Crippen MR) is 76.4 cm³/mol. The van der Waals surface area contributed by atoms with Gasteiger partial charge in [0.2, 0.25) is 19.1 Å². The fraction of sp³-hybridized carbons (Fsp3) is 0.533. The highest BCUT2D eigenvalue weighted by molar-refractivity contribution is 5.92. The highest BCUT2D eigenvalue weighted by Crippen LogP contribution is 2.34. The van der Waals surface area contributed by atoms with Crippen molar-refractivity contribution in [1.29, 1.82) is 0 Å². The third-order valence-electron chi connectivity index (χ3n) is 3.92. The van der Waals surface area contributed by atoms with E-state index < -0.39 is 12.3 Å². The first kappa shape index (κ1) is 15.0. The molecule has 1 saturated heterocycles. The van der Waals surface area contributed by atoms with E-state index in [0.717, 1.165) is 0 Å². The molecule has 1 aromatic carbocycles. The van der Waals surface area contributed by atoms with Crippen LogP contribution in [0.15, 0.2) is 18.2 Å². The van der Waals surface area contributed by atoms with E-state index >= 15 is 0 Å². The number of rotatable bonds is 4. The number of ether oxygens (including phenoxy) is 2. The maximum absolute atomic E-state index is 12.8. The summed E-state index contributed by atoms with van der Waals surface area (Å²) in [5.74, 6) is 0.392. The van der Waals surface area contributed by atoms with Crippen molar-refractivity contribution in [2.45, 2.75) is 19.3 Å². The molecular weight excluding hydrogens is 294 g/mol. The number of hydrogen-bond donors (Lipinski definition) is 1. The Labute approximate surface area is 127 Å². The summed E-state index contributed by atoms with van der Waals surface area (Å²) in [6, 6.07) is 5.15. The minimum atomic E-state index is -2.32. The highest BCUT2D eigenvalue weighted by Gasteiger charge is 2.27. The SMILES string of the molecule is O=C(CN1CCCC(C(F)F)C1)Nc1ccc2c(c1)OCO2. The van der Waals surface area contributed by atoms with Crippen LogP contribution in [-0.4, -0.2) is 43.7 Å². The first-order chi connectivity index (χ1) is 10.6. The number of nitrogens with zero attached hydrogens (tertiary/aromatic N) is 1. The van der Waals surface area contributed by atoms with Gasteiger partial charge in [0, 0.05) is 24.2 Å². The monoisotopic (exact) mass is 312 g/mol. The summed E-state index contributed by atoms with van der Waals surface area (Å²) in [6.45, 7) is 1.25. The number of anilines is 1. The summed E-state index contributed by atoms with van der Waals surface area (Å²) in [5.41, 5.74) is 0.608. The van der Waals surface area contributed by atoms with Crippen LogP contribution >= 0.6 is 0 Å². The normalized spacial score (nSPS) is 21.1. The lowest BCUT2D eigenvalue weighted by atomic mass is 9.99. The standard InChI is InChI=1S/C15H18F2N2O3/c16-15(17)10-2-1-5-19(7-10)8-14(20)18-11-3-4-12-13(6-11)22-9-21-12/h3-4,6,10,15H,1-2,5,7-9H2,(H,18,20). The molecule has 22 heavy (non-hydrogen) atoms. The number of carbonyl (C=O) groups is 1. The summed E-state index contributed by atoms with van der Waals surface area (Å²) in [6.07, 6.45) is -1.09. The highest BCUT2D eigenvalue weighted by atomic mass is 19.3. The van der Waals surface area contributed by atoms with E-state index in [1.165, 1.54) is 0 Å². The van der Waals surface area contributed by atoms with Crippen LogP contribution in [0, 0.1) is 5.92 Å². The molecule has 0 saturated carbocycles. The van der Waals surface area contributed by atoms with Crippen molar-refractivity contribution >= 4 is 11.6 Å². The van der Waals surface area contributed by atoms with E-state index in [1.807, 2.05) is 0 Å². The fourth-order valence-electron chi connectivity index (χ4n) is 2.82. The van der Waals surface area contributed by atoms with Gasteiger partial charge in [0.25, 0.3) is 0 Å². The Morgan fingerprint density at radius 1 is 1.36 bits per heavy atom. The molecule has 1 aromatic rings. The van der Waals surface area contributed by atoms with E-state index in [9.17, 15) is 13.6 Å². The first-order valence-corrected chi connectivity index (χ1v) is 7.32. The molecule has 0 bridgehead atoms. The van der Waals surface area contributed by atoms with Crippen molar-refractivity contribution < 1.29 is 23.0 Å². The molecular formula is C15H18F2N2O3. The number of carbonyl (C=O) groups excluding carboxylic acids is 1. The van der Waals surface area contributed by atoms with Gasteiger partial charge in [-0.25, -0.2) is 8.78 Å². The Morgan fingerprint density at radius 3 is 3.00 bits per heavy atom. The van der Waals surface area contributed by atoms with Gasteiger partial charge in [-0.2, -0.15) is 0 Å². The molecule has 0 radical (unpaired) electrons. The lowest BCUT2D eigenvalue weighted by Crippen LogP contribution is -2.42. The maximum atomic E-state index is 12.8. The van der Waals surface area contributed by atoms with Crippen molar-refractivity contribution in [1.82, 2.24) is 4.90 Å². The Hall–Kier alpha value is -1.89. The van der Waals surface area contributed by atoms with Gasteiger partial charge in [-0.1, -0.05) is 0 Å². The molecule has 2 heterocycles. The number of benzene rings is 1. The molecule has 1 unspecified atom stereocenters. The molecule has 1 N–H and O–H groups in total. The molecule has 7 heteroatoms. The average molecular weight is 312 g/mol. The first-order valence-electron chi connectivity index (χ1n) is 7.32. The summed E-state index contributed by atoms with van der Waals surface area (Å²) < 4.78 is 35.9. The van der Waals surface area contributed by atoms with Gasteiger partial charge in [-0.05, 0) is 31.5 Å². The van der Waals surface area contributed by atoms with E-state index in [4.69, 9.17) is 9.47 Å². The molecule has 0 aliphatic carbocycles. The van der Waals surface area contributed by atoms with Crippen LogP contribution in [-0.2, 0) is 4.79 Å². The van der Waals surface area contributed by atoms with Crippen molar-refractivity contribution in [3.8, 4) is 11.5 Å². The minimum absolute atomic E-state index is 0.123. The molecule has 120 valence electrons. The van der Waals surface area contributed by atoms with Gasteiger partial charge in [-0.15, -0.1) is 0 Å². The Balaban J connectivity index is 1.54. The summed E-state index contributed by atoms with van der Waals surface area (Å²) in [7, 11) is 0. The molecule has 2 aliphatic heterocycles. The summed E-state index contributed by atoms with van der Waals surface area (Å²) >= 11 is 0. The molecule has 1 fully saturated rings. The van der Waals surface area contributed by atoms with Gasteiger partial charge in [0.05, 0.1) is 6.54 Å². The average Bonchev–Trinajstić information content (AvgIpc) is 2.95. The van der Waals surface area contributed by atoms with Crippen LogP contribution in [0.2, 0.25) is 0 Å². The second kappa shape index (κ2) is 6.48. The van der Waals surface area contributed by atoms with Crippen LogP contribution in [0.4, 0.5) is 14.5 Å². The molecule has 5 nitrogen and oxygen atoms in total. The van der Waals surface area contributed by atoms with Gasteiger partial charge in [-0.3, -0.25) is 9.69 Å². The van der Waals surface area contributed by atoms with Gasteiger partial charge < -0.3 is 14.8 Å². The van der Waals surface area contributed by atoms with Gasteiger partial charge in [0.1, 0.15) is 0 Å². The van der Waals surface area contributed by atoms with E-state index in [1.54, 1.807) is 23.1 Å². The molecule has 1 atom stereocenters. The number of nitrogens with one attached hydrogen (secondary N) is 1. The fourth-order valence-corrected chi connectivity index (χ4v) is 2.82. The van der Waals surface area contributed by atoms with Crippen molar-refractivity contribution in [3.63, 3.8) is 0 Å². The van der Waals surface area contributed by atoms with E-state index in [2.05, 4.69) is 5.32 Å². The molecule has 3 rings (SSSR count). The molecule has 2 aliphatic rings. The Morgan fingerprint density at radius 2 is 2.18 bits per heavy atom. The zero-order valence-corrected chi connectivity index (χ0v) is 12.1. The minimum Gasteiger partial charge on any atom is -0.454 e. The van der Waals surface area contributed by atoms with Crippen molar-refractivity contribution in [3.05, 3.63) is 18.2 Å². The Kier molecular flexibility index (Phi) is 4.42. The quantitative estimate of drug-likeness (QED) is 0.927. The van der Waals surface area contributed by atoms with Crippen molar-refractivity contribution in [2.75, 3.05) is 31.7 Å². The smallest absolute Gasteiger partial charge is 0.242 e. The molecule has 1 amide bonds. The second-order valence-corrected chi connectivity index (χ2v) is 5.59. The third-order valence-corrected chi connectivity index (χ3v) is 3.92. The number of hydrogen-bond acceptors (Lipinski definition) is 4. The number of fused-ring (bicyclic) bond motifs is 1. The van der Waals surface area contributed by atoms with Crippen LogP contribution in [0.1, 0.15) is 12.8 Å². The largest absolute Gasteiger partial charge is 0.454 e. The van der Waals surface area contributed by atoms with Crippen LogP contribution in [0.25, 0.3) is 0 Å². The second-order valence-electron chi connectivity index (χ2n) is 5.59. The molecule has 0 spiro atoms. The van der Waals surface area contributed by atoms with Crippen molar-refractivity contribution in [2.24, 2.45) is 5.92 Å². The lowest BCUT2D eigenvalue weighted by Gasteiger charge is -2.31. The summed E-state index contributed by atoms with van der Waals surface area (Å²) in [5, 5.41) is 2.76. The maximum Gasteiger partial charge on any atom is 0.242 e. The number of piperidine rings is 1. The number of likely N-dealkylation sites (tertiary alicyclic amines) is 1. The zero-order valence-electron chi connectivity index (χ0n) is 12.1. The Bertz CT molecular complexity index is 554. The third kappa shape index (κ3) is 3.47. The van der Waals surface area contributed by atoms with Crippen LogP contribution in [0.5, 0.6) is 11.5 Å². The van der Waals surface area contributed by atoms with E-state index in [0.29, 0.717) is 36.6 Å². The lowest BCUT2D eigenvalue weighted by molar-refractivity contribution is -0.118. The zero-order chi connectivity index (χ0) is 15.5. The molecule has 0 aromatic heterocycles. The topological polar surface area (TPSA) is 50.8 Å². The number of amides is 1. The van der Waals surface area contributed by atoms with Gasteiger partial charge in [0.15, 0.2) is 11.5 Å². The number of halogens is 2. The summed E-state index contributed by atoms with van der Waals surface area (Å²) in [4.78, 5) is 13.8. The van der Waals surface area contributed by atoms with Crippen LogP contribution in [0.3, 0.4) is 0 Å². The van der Waals surface area contributed by atoms with E-state index in [-0.39, 0.29) is 25.8 Å². The predicted octanol–water partition coefficient (Wildman–Crippen LogP) is 2.33.